The van der Waals surface area contributed by atoms with Crippen molar-refractivity contribution >= 4 is 11.6 Å². The summed E-state index contributed by atoms with van der Waals surface area (Å²) in [5.74, 6) is -0.657. The first-order valence-electron chi connectivity index (χ1n) is 6.18. The number of nitrogens with zero attached hydrogens (tertiary/aromatic N) is 1. The minimum atomic E-state index is -0.382. The van der Waals surface area contributed by atoms with Crippen molar-refractivity contribution < 1.29 is 9.18 Å². The normalized spacial score (nSPS) is 9.80. The van der Waals surface area contributed by atoms with Crippen molar-refractivity contribution in [3.8, 4) is 6.07 Å². The van der Waals surface area contributed by atoms with Crippen LogP contribution in [0.3, 0.4) is 0 Å². The van der Waals surface area contributed by atoms with Gasteiger partial charge >= 0.3 is 0 Å². The number of nitrogens with one attached hydrogen (secondary N) is 1. The monoisotopic (exact) mass is 268 g/mol. The molecule has 0 aliphatic carbocycles. The second-order valence-electron chi connectivity index (χ2n) is 4.35. The molecule has 2 rings (SSSR count). The fourth-order valence-corrected chi connectivity index (χ4v) is 1.82. The zero-order chi connectivity index (χ0) is 14.4. The number of anilines is 1. The van der Waals surface area contributed by atoms with Gasteiger partial charge in [0.1, 0.15) is 5.82 Å². The number of amides is 1. The van der Waals surface area contributed by atoms with Gasteiger partial charge in [-0.2, -0.15) is 5.26 Å². The molecule has 0 saturated carbocycles. The summed E-state index contributed by atoms with van der Waals surface area (Å²) in [5, 5.41) is 11.3. The van der Waals surface area contributed by atoms with E-state index in [1.165, 1.54) is 6.07 Å². The summed E-state index contributed by atoms with van der Waals surface area (Å²) in [6.45, 7) is 0. The smallest absolute Gasteiger partial charge is 0.228 e. The Morgan fingerprint density at radius 2 is 1.85 bits per heavy atom. The van der Waals surface area contributed by atoms with Gasteiger partial charge in [-0.15, -0.1) is 0 Å². The summed E-state index contributed by atoms with van der Waals surface area (Å²) in [7, 11) is 0. The summed E-state index contributed by atoms with van der Waals surface area (Å²) in [4.78, 5) is 11.8. The third-order valence-corrected chi connectivity index (χ3v) is 2.83. The molecule has 0 bridgehead atoms. The van der Waals surface area contributed by atoms with Gasteiger partial charge in [-0.1, -0.05) is 30.3 Å². The Kier molecular flexibility index (Phi) is 4.46. The summed E-state index contributed by atoms with van der Waals surface area (Å²) in [6.07, 6.45) is 0.329. The minimum Gasteiger partial charge on any atom is -0.326 e. The molecule has 0 fully saturated rings. The molecule has 0 heterocycles. The lowest BCUT2D eigenvalue weighted by Crippen LogP contribution is -2.15. The first-order valence-corrected chi connectivity index (χ1v) is 6.18. The van der Waals surface area contributed by atoms with Crippen LogP contribution in [0, 0.1) is 17.1 Å². The van der Waals surface area contributed by atoms with Crippen LogP contribution in [-0.4, -0.2) is 5.91 Å². The van der Waals surface area contributed by atoms with E-state index in [4.69, 9.17) is 5.26 Å². The molecule has 1 amide bonds. The zero-order valence-electron chi connectivity index (χ0n) is 10.8. The number of hydrogen-bond donors (Lipinski definition) is 1. The third-order valence-electron chi connectivity index (χ3n) is 2.83. The average molecular weight is 268 g/mol. The lowest BCUT2D eigenvalue weighted by atomic mass is 10.1. The van der Waals surface area contributed by atoms with E-state index < -0.39 is 0 Å². The lowest BCUT2D eigenvalue weighted by Gasteiger charge is -2.06. The van der Waals surface area contributed by atoms with Crippen molar-refractivity contribution in [2.75, 3.05) is 5.32 Å². The SMILES string of the molecule is N#CCc1ccc(NC(=O)Cc2ccccc2F)cc1. The largest absolute Gasteiger partial charge is 0.326 e. The second-order valence-corrected chi connectivity index (χ2v) is 4.35. The Hall–Kier alpha value is -2.67. The molecular formula is C16H13FN2O. The molecule has 0 saturated heterocycles. The third kappa shape index (κ3) is 3.66. The van der Waals surface area contributed by atoms with Crippen molar-refractivity contribution in [2.45, 2.75) is 12.8 Å². The molecule has 1 N–H and O–H groups in total. The highest BCUT2D eigenvalue weighted by atomic mass is 19.1. The molecule has 3 nitrogen and oxygen atoms in total. The van der Waals surface area contributed by atoms with Crippen LogP contribution in [0.4, 0.5) is 10.1 Å². The molecule has 0 unspecified atom stereocenters. The van der Waals surface area contributed by atoms with Gasteiger partial charge in [-0.25, -0.2) is 4.39 Å². The Balaban J connectivity index is 1.98. The van der Waals surface area contributed by atoms with Crippen LogP contribution < -0.4 is 5.32 Å². The van der Waals surface area contributed by atoms with Gasteiger partial charge in [0.15, 0.2) is 0 Å². The van der Waals surface area contributed by atoms with E-state index in [1.807, 2.05) is 0 Å². The molecular weight excluding hydrogens is 255 g/mol. The first-order chi connectivity index (χ1) is 9.69. The molecule has 100 valence electrons. The summed E-state index contributed by atoms with van der Waals surface area (Å²) in [6, 6.07) is 15.3. The van der Waals surface area contributed by atoms with Gasteiger partial charge in [0.2, 0.25) is 5.91 Å². The van der Waals surface area contributed by atoms with Crippen molar-refractivity contribution in [2.24, 2.45) is 0 Å². The Labute approximate surface area is 116 Å². The van der Waals surface area contributed by atoms with Gasteiger partial charge in [-0.3, -0.25) is 4.79 Å². The number of rotatable bonds is 4. The van der Waals surface area contributed by atoms with Gasteiger partial charge in [0.05, 0.1) is 18.9 Å². The number of carbonyl (C=O) groups excluding carboxylic acids is 1. The van der Waals surface area contributed by atoms with Crippen LogP contribution in [0.5, 0.6) is 0 Å². The molecule has 4 heteroatoms. The predicted octanol–water partition coefficient (Wildman–Crippen LogP) is 3.07. The van der Waals surface area contributed by atoms with Crippen LogP contribution in [0.15, 0.2) is 48.5 Å². The van der Waals surface area contributed by atoms with Crippen molar-refractivity contribution in [1.29, 1.82) is 5.26 Å². The van der Waals surface area contributed by atoms with Crippen LogP contribution in [-0.2, 0) is 17.6 Å². The highest BCUT2D eigenvalue weighted by Crippen LogP contribution is 2.12. The zero-order valence-corrected chi connectivity index (χ0v) is 10.8. The van der Waals surface area contributed by atoms with Gasteiger partial charge in [0.25, 0.3) is 0 Å². The predicted molar refractivity (Wildman–Crippen MR) is 74.5 cm³/mol. The van der Waals surface area contributed by atoms with E-state index in [9.17, 15) is 9.18 Å². The maximum absolute atomic E-state index is 13.4. The highest BCUT2D eigenvalue weighted by Gasteiger charge is 2.07. The Morgan fingerprint density at radius 1 is 1.15 bits per heavy atom. The number of carbonyl (C=O) groups is 1. The molecule has 0 aromatic heterocycles. The van der Waals surface area contributed by atoms with Crippen molar-refractivity contribution in [1.82, 2.24) is 0 Å². The van der Waals surface area contributed by atoms with E-state index >= 15 is 0 Å². The van der Waals surface area contributed by atoms with Gasteiger partial charge < -0.3 is 5.32 Å². The minimum absolute atomic E-state index is 0.00732. The summed E-state index contributed by atoms with van der Waals surface area (Å²) >= 11 is 0. The molecule has 2 aromatic carbocycles. The number of nitriles is 1. The quantitative estimate of drug-likeness (QED) is 0.926. The lowest BCUT2D eigenvalue weighted by molar-refractivity contribution is -0.115. The van der Waals surface area contributed by atoms with Gasteiger partial charge in [-0.05, 0) is 29.3 Å². The molecule has 0 aliphatic rings. The van der Waals surface area contributed by atoms with E-state index in [2.05, 4.69) is 11.4 Å². The molecule has 0 atom stereocenters. The number of hydrogen-bond acceptors (Lipinski definition) is 2. The second kappa shape index (κ2) is 6.48. The van der Waals surface area contributed by atoms with Crippen LogP contribution in [0.25, 0.3) is 0 Å². The fourth-order valence-electron chi connectivity index (χ4n) is 1.82. The highest BCUT2D eigenvalue weighted by molar-refractivity contribution is 5.92. The van der Waals surface area contributed by atoms with E-state index in [0.717, 1.165) is 5.56 Å². The number of halogens is 1. The molecule has 0 aliphatic heterocycles. The van der Waals surface area contributed by atoms with E-state index in [0.29, 0.717) is 17.7 Å². The topological polar surface area (TPSA) is 52.9 Å². The molecule has 2 aromatic rings. The maximum Gasteiger partial charge on any atom is 0.228 e. The Bertz CT molecular complexity index is 644. The molecule has 0 radical (unpaired) electrons. The van der Waals surface area contributed by atoms with Crippen LogP contribution in [0.1, 0.15) is 11.1 Å². The van der Waals surface area contributed by atoms with Crippen molar-refractivity contribution in [3.63, 3.8) is 0 Å². The standard InChI is InChI=1S/C16H13FN2O/c17-15-4-2-1-3-13(15)11-16(20)19-14-7-5-12(6-8-14)9-10-18/h1-8H,9,11H2,(H,19,20). The summed E-state index contributed by atoms with van der Waals surface area (Å²) < 4.78 is 13.4. The molecule has 20 heavy (non-hydrogen) atoms. The van der Waals surface area contributed by atoms with Crippen molar-refractivity contribution in [3.05, 3.63) is 65.5 Å². The van der Waals surface area contributed by atoms with E-state index in [1.54, 1.807) is 42.5 Å². The fraction of sp³-hybridized carbons (Fsp3) is 0.125. The average Bonchev–Trinajstić information content (AvgIpc) is 2.44. The number of benzene rings is 2. The summed E-state index contributed by atoms with van der Waals surface area (Å²) in [5.41, 5.74) is 1.89. The van der Waals surface area contributed by atoms with Crippen LogP contribution >= 0.6 is 0 Å². The molecule has 0 spiro atoms. The van der Waals surface area contributed by atoms with E-state index in [-0.39, 0.29) is 18.1 Å². The first kappa shape index (κ1) is 13.8. The maximum atomic E-state index is 13.4. The van der Waals surface area contributed by atoms with Gasteiger partial charge in [0, 0.05) is 5.69 Å². The Morgan fingerprint density at radius 3 is 2.50 bits per heavy atom. The van der Waals surface area contributed by atoms with Crippen LogP contribution in [0.2, 0.25) is 0 Å².